The summed E-state index contributed by atoms with van der Waals surface area (Å²) in [6, 6.07) is 5.42. The fourth-order valence-corrected chi connectivity index (χ4v) is 3.45. The average Bonchev–Trinajstić information content (AvgIpc) is 2.54. The second kappa shape index (κ2) is 6.20. The summed E-state index contributed by atoms with van der Waals surface area (Å²) in [6.07, 6.45) is 3.47. The van der Waals surface area contributed by atoms with Crippen LogP contribution >= 0.6 is 11.6 Å². The first-order valence-electron chi connectivity index (χ1n) is 7.96. The maximum atomic E-state index is 15.2. The van der Waals surface area contributed by atoms with E-state index in [0.29, 0.717) is 11.6 Å². The number of benzene rings is 2. The van der Waals surface area contributed by atoms with Gasteiger partial charge in [0.1, 0.15) is 11.6 Å². The molecule has 1 saturated heterocycles. The van der Waals surface area contributed by atoms with Gasteiger partial charge in [0.2, 0.25) is 0 Å². The molecular weight excluding hydrogens is 348 g/mol. The summed E-state index contributed by atoms with van der Waals surface area (Å²) in [6.45, 7) is 2.58. The monoisotopic (exact) mass is 363 g/mol. The van der Waals surface area contributed by atoms with Crippen LogP contribution < -0.4 is 15.5 Å². The Hall–Kier alpha value is -2.31. The van der Waals surface area contributed by atoms with Crippen molar-refractivity contribution in [1.82, 2.24) is 5.32 Å². The van der Waals surface area contributed by atoms with E-state index in [0.717, 1.165) is 25.7 Å². The van der Waals surface area contributed by atoms with Crippen molar-refractivity contribution < 1.29 is 13.9 Å². The summed E-state index contributed by atoms with van der Waals surface area (Å²) in [4.78, 5) is 1.93. The number of aromatic hydroxyl groups is 1. The van der Waals surface area contributed by atoms with Gasteiger partial charge in [-0.2, -0.15) is 0 Å². The summed E-state index contributed by atoms with van der Waals surface area (Å²) < 4.78 is 29.4. The largest absolute Gasteiger partial charge is 0.507 e. The van der Waals surface area contributed by atoms with Gasteiger partial charge < -0.3 is 20.6 Å². The lowest BCUT2D eigenvalue weighted by atomic mass is 9.99. The van der Waals surface area contributed by atoms with Crippen molar-refractivity contribution in [3.8, 4) is 16.9 Å². The second-order valence-electron chi connectivity index (χ2n) is 6.21. The third-order valence-corrected chi connectivity index (χ3v) is 4.85. The fourth-order valence-electron chi connectivity index (χ4n) is 3.17. The molecule has 2 aliphatic heterocycles. The van der Waals surface area contributed by atoms with Crippen molar-refractivity contribution in [2.24, 2.45) is 5.92 Å². The van der Waals surface area contributed by atoms with Gasteiger partial charge in [0.05, 0.1) is 22.0 Å². The molecule has 2 aromatic rings. The van der Waals surface area contributed by atoms with Gasteiger partial charge in [-0.15, -0.1) is 0 Å². The first-order chi connectivity index (χ1) is 12.1. The van der Waals surface area contributed by atoms with E-state index >= 15 is 4.39 Å². The van der Waals surface area contributed by atoms with E-state index in [9.17, 15) is 9.50 Å². The minimum Gasteiger partial charge on any atom is -0.507 e. The molecule has 4 rings (SSSR count). The molecule has 0 saturated carbocycles. The van der Waals surface area contributed by atoms with E-state index in [1.807, 2.05) is 11.1 Å². The zero-order valence-corrected chi connectivity index (χ0v) is 13.9. The molecule has 0 aliphatic carbocycles. The Morgan fingerprint density at radius 3 is 2.72 bits per heavy atom. The lowest BCUT2D eigenvalue weighted by molar-refractivity contribution is 0.355. The molecule has 2 aliphatic rings. The van der Waals surface area contributed by atoms with Gasteiger partial charge >= 0.3 is 0 Å². The van der Waals surface area contributed by atoms with Crippen LogP contribution in [-0.2, 0) is 0 Å². The van der Waals surface area contributed by atoms with Crippen molar-refractivity contribution in [1.29, 1.82) is 0 Å². The normalized spacial score (nSPS) is 16.4. The van der Waals surface area contributed by atoms with Gasteiger partial charge in [-0.25, -0.2) is 8.78 Å². The summed E-state index contributed by atoms with van der Waals surface area (Å²) in [7, 11) is 0. The van der Waals surface area contributed by atoms with Crippen LogP contribution in [0.25, 0.3) is 11.1 Å². The van der Waals surface area contributed by atoms with Crippen LogP contribution in [0.15, 0.2) is 36.7 Å². The molecule has 2 heterocycles. The maximum Gasteiger partial charge on any atom is 0.158 e. The number of halogens is 3. The second-order valence-corrected chi connectivity index (χ2v) is 6.62. The number of anilines is 2. The molecule has 0 atom stereocenters. The Labute approximate surface area is 148 Å². The van der Waals surface area contributed by atoms with Crippen molar-refractivity contribution in [2.45, 2.75) is 0 Å². The topological polar surface area (TPSA) is 47.5 Å². The number of hydrogen-bond donors (Lipinski definition) is 3. The predicted octanol–water partition coefficient (Wildman–Crippen LogP) is 3.91. The number of phenols is 1. The first-order valence-corrected chi connectivity index (χ1v) is 8.34. The van der Waals surface area contributed by atoms with Gasteiger partial charge in [0.15, 0.2) is 5.82 Å². The van der Waals surface area contributed by atoms with E-state index in [4.69, 9.17) is 11.6 Å². The van der Waals surface area contributed by atoms with Crippen molar-refractivity contribution >= 4 is 23.0 Å². The molecule has 7 heteroatoms. The van der Waals surface area contributed by atoms with E-state index in [-0.39, 0.29) is 27.6 Å². The smallest absolute Gasteiger partial charge is 0.158 e. The molecule has 0 unspecified atom stereocenters. The molecule has 1 fully saturated rings. The molecule has 3 N–H and O–H groups in total. The molecule has 0 aromatic heterocycles. The number of nitrogens with one attached hydrogen (secondary N) is 2. The van der Waals surface area contributed by atoms with E-state index in [1.54, 1.807) is 12.3 Å². The number of nitrogens with zero attached hydrogens (tertiary/aromatic N) is 1. The summed E-state index contributed by atoms with van der Waals surface area (Å²) in [5.74, 6) is -1.30. The van der Waals surface area contributed by atoms with E-state index in [2.05, 4.69) is 10.6 Å². The Bertz CT molecular complexity index is 848. The van der Waals surface area contributed by atoms with E-state index in [1.165, 1.54) is 12.1 Å². The number of phenolic OH excluding ortho intramolecular Hbond substituents is 1. The predicted molar refractivity (Wildman–Crippen MR) is 94.9 cm³/mol. The zero-order valence-electron chi connectivity index (χ0n) is 13.2. The Kier molecular flexibility index (Phi) is 4.01. The highest BCUT2D eigenvalue weighted by Crippen LogP contribution is 2.45. The van der Waals surface area contributed by atoms with Crippen LogP contribution in [-0.4, -0.2) is 24.7 Å². The number of fused-ring (bicyclic) bond motifs is 1. The Balaban J connectivity index is 1.82. The fraction of sp³-hybridized carbons (Fsp3) is 0.222. The van der Waals surface area contributed by atoms with Crippen LogP contribution in [0.4, 0.5) is 20.2 Å². The molecule has 0 radical (unpaired) electrons. The van der Waals surface area contributed by atoms with Crippen LogP contribution in [0.3, 0.4) is 0 Å². The SMILES string of the molecule is Oc1cccc(F)c1-c1c(Cl)cc2c(c1F)NC=CN2CC1CNC1. The van der Waals surface area contributed by atoms with Crippen LogP contribution in [0.2, 0.25) is 5.02 Å². The van der Waals surface area contributed by atoms with Gasteiger partial charge in [0, 0.05) is 43.5 Å². The standard InChI is InChI=1S/C18H16ClF2N3O/c19-11-6-13-18(23-4-5-24(13)9-10-7-22-8-10)17(21)15(11)16-12(20)2-1-3-14(16)25/h1-6,10,22-23,25H,7-9H2. The molecule has 130 valence electrons. The molecule has 4 nitrogen and oxygen atoms in total. The average molecular weight is 364 g/mol. The molecule has 0 amide bonds. The number of hydrogen-bond acceptors (Lipinski definition) is 4. The van der Waals surface area contributed by atoms with Crippen LogP contribution in [0.1, 0.15) is 0 Å². The highest BCUT2D eigenvalue weighted by atomic mass is 35.5. The highest BCUT2D eigenvalue weighted by molar-refractivity contribution is 6.34. The van der Waals surface area contributed by atoms with E-state index < -0.39 is 11.6 Å². The molecule has 0 bridgehead atoms. The third-order valence-electron chi connectivity index (χ3n) is 4.55. The number of rotatable bonds is 3. The van der Waals surface area contributed by atoms with Crippen molar-refractivity contribution in [2.75, 3.05) is 29.9 Å². The molecule has 25 heavy (non-hydrogen) atoms. The van der Waals surface area contributed by atoms with Crippen LogP contribution in [0, 0.1) is 17.6 Å². The summed E-state index contributed by atoms with van der Waals surface area (Å²) in [5, 5.41) is 16.1. The summed E-state index contributed by atoms with van der Waals surface area (Å²) in [5.41, 5.74) is 0.427. The van der Waals surface area contributed by atoms with Crippen molar-refractivity contribution in [3.63, 3.8) is 0 Å². The Morgan fingerprint density at radius 1 is 1.24 bits per heavy atom. The highest BCUT2D eigenvalue weighted by Gasteiger charge is 2.28. The van der Waals surface area contributed by atoms with Crippen LogP contribution in [0.5, 0.6) is 5.75 Å². The van der Waals surface area contributed by atoms with Crippen molar-refractivity contribution in [3.05, 3.63) is 53.3 Å². The maximum absolute atomic E-state index is 15.2. The van der Waals surface area contributed by atoms with Gasteiger partial charge in [0.25, 0.3) is 0 Å². The third kappa shape index (κ3) is 2.71. The molecule has 0 spiro atoms. The molecular formula is C18H16ClF2N3O. The zero-order chi connectivity index (χ0) is 17.6. The van der Waals surface area contributed by atoms with Gasteiger partial charge in [-0.1, -0.05) is 17.7 Å². The van der Waals surface area contributed by atoms with Gasteiger partial charge in [-0.3, -0.25) is 0 Å². The molecule has 2 aromatic carbocycles. The summed E-state index contributed by atoms with van der Waals surface area (Å²) >= 11 is 6.29. The lowest BCUT2D eigenvalue weighted by Crippen LogP contribution is -2.47. The minimum atomic E-state index is -0.732. The minimum absolute atomic E-state index is 0.0467. The first kappa shape index (κ1) is 16.2. The Morgan fingerprint density at radius 2 is 2.04 bits per heavy atom. The lowest BCUT2D eigenvalue weighted by Gasteiger charge is -2.35. The quantitative estimate of drug-likeness (QED) is 0.773. The van der Waals surface area contributed by atoms with Gasteiger partial charge in [-0.05, 0) is 18.2 Å².